The maximum absolute atomic E-state index is 14.8. The maximum atomic E-state index is 14.8. The second-order valence-electron chi connectivity index (χ2n) is 10.8. The number of carboxylic acids is 1. The highest BCUT2D eigenvalue weighted by Gasteiger charge is 2.57. The van der Waals surface area contributed by atoms with Crippen LogP contribution in [0.25, 0.3) is 16.4 Å². The van der Waals surface area contributed by atoms with Gasteiger partial charge in [-0.1, -0.05) is 6.07 Å². The Hall–Kier alpha value is -3.82. The normalized spacial score (nSPS) is 17.7. The van der Waals surface area contributed by atoms with Gasteiger partial charge in [0.25, 0.3) is 5.92 Å². The molecule has 9 nitrogen and oxygen atoms in total. The number of thiazole rings is 1. The molecule has 2 aliphatic rings. The van der Waals surface area contributed by atoms with Crippen molar-refractivity contribution in [1.82, 2.24) is 14.8 Å². The van der Waals surface area contributed by atoms with Gasteiger partial charge in [0.05, 0.1) is 23.9 Å². The minimum atomic E-state index is -4.29. The van der Waals surface area contributed by atoms with Crippen LogP contribution in [0.4, 0.5) is 17.6 Å². The first-order chi connectivity index (χ1) is 20.3. The summed E-state index contributed by atoms with van der Waals surface area (Å²) >= 11 is 1.06. The Bertz CT molecular complexity index is 1850. The Morgan fingerprint density at radius 3 is 2.51 bits per heavy atom. The average Bonchev–Trinajstić information content (AvgIpc) is 3.74. The van der Waals surface area contributed by atoms with E-state index < -0.39 is 44.4 Å². The van der Waals surface area contributed by atoms with Crippen LogP contribution in [-0.4, -0.2) is 46.8 Å². The third-order valence-corrected chi connectivity index (χ3v) is 9.21. The van der Waals surface area contributed by atoms with Crippen LogP contribution in [0.15, 0.2) is 46.7 Å². The topological polar surface area (TPSA) is 137 Å². The van der Waals surface area contributed by atoms with E-state index in [-0.39, 0.29) is 36.0 Å². The summed E-state index contributed by atoms with van der Waals surface area (Å²) in [6, 6.07) is 7.48. The largest absolute Gasteiger partial charge is 0.490 e. The van der Waals surface area contributed by atoms with Crippen LogP contribution >= 0.6 is 11.3 Å². The molecule has 226 valence electrons. The zero-order valence-corrected chi connectivity index (χ0v) is 23.9. The van der Waals surface area contributed by atoms with Gasteiger partial charge in [0.1, 0.15) is 10.7 Å². The number of aromatic carboxylic acids is 1. The van der Waals surface area contributed by atoms with Gasteiger partial charge >= 0.3 is 5.97 Å². The molecule has 2 heterocycles. The molecule has 1 atom stereocenters. The van der Waals surface area contributed by atoms with Gasteiger partial charge in [-0.25, -0.2) is 45.6 Å². The number of primary sulfonamides is 1. The lowest BCUT2D eigenvalue weighted by molar-refractivity contribution is 0.0690. The molecule has 6 rings (SSSR count). The molecule has 0 amide bonds. The molecule has 3 N–H and O–H groups in total. The number of nitrogens with zero attached hydrogens (tertiary/aromatic N) is 3. The van der Waals surface area contributed by atoms with Crippen molar-refractivity contribution in [3.8, 4) is 22.1 Å². The number of ether oxygens (including phenoxy) is 1. The van der Waals surface area contributed by atoms with Crippen molar-refractivity contribution in [3.63, 3.8) is 0 Å². The summed E-state index contributed by atoms with van der Waals surface area (Å²) < 4.78 is 86.7. The number of benzene rings is 2. The van der Waals surface area contributed by atoms with E-state index in [1.54, 1.807) is 0 Å². The number of nitrogens with two attached hydrogens (primary N) is 1. The van der Waals surface area contributed by atoms with Crippen LogP contribution in [0.3, 0.4) is 0 Å². The molecule has 0 saturated heterocycles. The molecule has 2 fully saturated rings. The minimum Gasteiger partial charge on any atom is -0.490 e. The third-order valence-electron chi connectivity index (χ3n) is 7.45. The van der Waals surface area contributed by atoms with Crippen molar-refractivity contribution in [2.45, 2.75) is 42.9 Å². The van der Waals surface area contributed by atoms with E-state index in [0.29, 0.717) is 40.4 Å². The van der Waals surface area contributed by atoms with Gasteiger partial charge in [-0.3, -0.25) is 0 Å². The smallest absolute Gasteiger partial charge is 0.355 e. The molecule has 0 spiro atoms. The number of sulfonamides is 1. The summed E-state index contributed by atoms with van der Waals surface area (Å²) in [6.45, 7) is -0.367. The van der Waals surface area contributed by atoms with Crippen molar-refractivity contribution in [3.05, 3.63) is 75.9 Å². The number of aromatic nitrogens is 3. The molecule has 2 saturated carbocycles. The Morgan fingerprint density at radius 2 is 1.91 bits per heavy atom. The highest BCUT2D eigenvalue weighted by molar-refractivity contribution is 7.89. The Morgan fingerprint density at radius 1 is 1.16 bits per heavy atom. The van der Waals surface area contributed by atoms with E-state index in [2.05, 4.69) is 4.98 Å². The Kier molecular flexibility index (Phi) is 7.29. The second kappa shape index (κ2) is 10.7. The van der Waals surface area contributed by atoms with Gasteiger partial charge in [-0.05, 0) is 61.1 Å². The lowest BCUT2D eigenvalue weighted by atomic mass is 9.96. The van der Waals surface area contributed by atoms with Crippen molar-refractivity contribution in [2.75, 3.05) is 6.61 Å². The lowest BCUT2D eigenvalue weighted by Crippen LogP contribution is -2.14. The van der Waals surface area contributed by atoms with Gasteiger partial charge in [-0.15, -0.1) is 11.3 Å². The molecular weight excluding hydrogens is 612 g/mol. The third kappa shape index (κ3) is 6.15. The summed E-state index contributed by atoms with van der Waals surface area (Å²) in [5.41, 5.74) is 2.19. The number of carbonyl (C=O) groups is 1. The van der Waals surface area contributed by atoms with Crippen LogP contribution < -0.4 is 9.88 Å². The van der Waals surface area contributed by atoms with Crippen LogP contribution in [0.2, 0.25) is 0 Å². The van der Waals surface area contributed by atoms with E-state index in [9.17, 15) is 35.9 Å². The monoisotopic (exact) mass is 636 g/mol. The Labute approximate surface area is 247 Å². The fourth-order valence-electron chi connectivity index (χ4n) is 4.82. The van der Waals surface area contributed by atoms with E-state index in [1.807, 2.05) is 0 Å². The van der Waals surface area contributed by atoms with Crippen LogP contribution in [0.1, 0.15) is 46.6 Å². The van der Waals surface area contributed by atoms with Crippen LogP contribution in [-0.2, 0) is 22.9 Å². The van der Waals surface area contributed by atoms with Crippen molar-refractivity contribution in [2.24, 2.45) is 17.0 Å². The molecule has 15 heteroatoms. The molecule has 0 bridgehead atoms. The van der Waals surface area contributed by atoms with Crippen molar-refractivity contribution in [1.29, 1.82) is 0 Å². The highest BCUT2D eigenvalue weighted by Crippen LogP contribution is 2.48. The predicted octanol–water partition coefficient (Wildman–Crippen LogP) is 5.20. The average molecular weight is 637 g/mol. The lowest BCUT2D eigenvalue weighted by Gasteiger charge is -2.11. The summed E-state index contributed by atoms with van der Waals surface area (Å²) in [7, 11) is -4.29. The number of halogens is 4. The van der Waals surface area contributed by atoms with Crippen LogP contribution in [0.5, 0.6) is 5.75 Å². The maximum Gasteiger partial charge on any atom is 0.355 e. The molecule has 43 heavy (non-hydrogen) atoms. The zero-order valence-electron chi connectivity index (χ0n) is 22.3. The first kappa shape index (κ1) is 29.3. The van der Waals surface area contributed by atoms with Crippen molar-refractivity contribution >= 4 is 27.3 Å². The van der Waals surface area contributed by atoms with E-state index in [1.165, 1.54) is 28.3 Å². The fraction of sp³-hybridized carbons (Fsp3) is 0.321. The number of rotatable bonds is 11. The van der Waals surface area contributed by atoms with Gasteiger partial charge < -0.3 is 9.84 Å². The standard InChI is InChI=1S/C28H24F4N4O5S2/c29-19-5-4-16(10-23(19)41-12-17-11-28(17,31)32)25-18(7-15-3-6-24(20(30)8-15)43(33,39)40)22(9-14-1-2-14)36(35-25)27-34-21(13-42-27)26(37)38/h3-6,8,10,13-14,17H,1-2,7,9,11-12H2,(H,37,38)(H2,33,39,40). The highest BCUT2D eigenvalue weighted by atomic mass is 32.2. The minimum absolute atomic E-state index is 0.0677. The van der Waals surface area contributed by atoms with Gasteiger partial charge in [0.15, 0.2) is 17.3 Å². The SMILES string of the molecule is NS(=O)(=O)c1ccc(Cc2c(-c3ccc(F)c(OCC4CC4(F)F)c3)nn(-c3nc(C(=O)O)cs3)c2CC2CC2)cc1F. The number of hydrogen-bond donors (Lipinski definition) is 2. The summed E-state index contributed by atoms with van der Waals surface area (Å²) in [5, 5.41) is 20.9. The van der Waals surface area contributed by atoms with Gasteiger partial charge in [0, 0.05) is 29.3 Å². The molecule has 1 unspecified atom stereocenters. The van der Waals surface area contributed by atoms with Gasteiger partial charge in [0.2, 0.25) is 15.2 Å². The molecule has 4 aromatic rings. The molecule has 2 aliphatic carbocycles. The molecule has 0 radical (unpaired) electrons. The van der Waals surface area contributed by atoms with E-state index >= 15 is 0 Å². The molecule has 2 aromatic heterocycles. The van der Waals surface area contributed by atoms with E-state index in [0.717, 1.165) is 42.4 Å². The van der Waals surface area contributed by atoms with Crippen molar-refractivity contribution < 1.29 is 40.6 Å². The predicted molar refractivity (Wildman–Crippen MR) is 147 cm³/mol. The van der Waals surface area contributed by atoms with Crippen LogP contribution in [0, 0.1) is 23.5 Å². The fourth-order valence-corrected chi connectivity index (χ4v) is 6.18. The zero-order chi connectivity index (χ0) is 30.7. The summed E-state index contributed by atoms with van der Waals surface area (Å²) in [4.78, 5) is 15.1. The number of alkyl halides is 2. The molecular formula is C28H24F4N4O5S2. The summed E-state index contributed by atoms with van der Waals surface area (Å²) in [6.07, 6.45) is 2.17. The molecule has 0 aliphatic heterocycles. The molecule has 2 aromatic carbocycles. The number of hydrogen-bond acceptors (Lipinski definition) is 7. The Balaban J connectivity index is 1.46. The number of carboxylic acid groups (broad SMARTS) is 1. The summed E-state index contributed by atoms with van der Waals surface area (Å²) in [5.74, 6) is -6.76. The van der Waals surface area contributed by atoms with Gasteiger partial charge in [-0.2, -0.15) is 5.10 Å². The first-order valence-corrected chi connectivity index (χ1v) is 15.6. The quantitative estimate of drug-likeness (QED) is 0.216. The van der Waals surface area contributed by atoms with E-state index in [4.69, 9.17) is 15.0 Å². The second-order valence-corrected chi connectivity index (χ2v) is 13.1. The first-order valence-electron chi connectivity index (χ1n) is 13.2.